The highest BCUT2D eigenvalue weighted by molar-refractivity contribution is 14.0. The maximum atomic E-state index is 12.7. The van der Waals surface area contributed by atoms with Crippen LogP contribution in [0.4, 0.5) is 0 Å². The molecule has 3 unspecified atom stereocenters. The molecule has 3 aliphatic carbocycles. The normalized spacial score (nSPS) is 31.5. The van der Waals surface area contributed by atoms with Gasteiger partial charge in [0.25, 0.3) is 0 Å². The second-order valence-corrected chi connectivity index (χ2v) is 9.27. The van der Waals surface area contributed by atoms with Crippen LogP contribution in [0.3, 0.4) is 0 Å². The molecule has 2 N–H and O–H groups in total. The van der Waals surface area contributed by atoms with E-state index in [9.17, 15) is 4.79 Å². The van der Waals surface area contributed by atoms with Gasteiger partial charge in [0, 0.05) is 37.6 Å². The van der Waals surface area contributed by atoms with Crippen LogP contribution in [-0.2, 0) is 4.79 Å². The minimum absolute atomic E-state index is 0. The highest BCUT2D eigenvalue weighted by Gasteiger charge is 2.43. The standard InChI is InChI=1S/C22H38N4O.HI/c1-2-23-22(25-20-14-19(20)16-8-4-3-5-9-16)24-18-12-13-26(15-18)21(27)17-10-6-7-11-17;/h16-20H,2-15H2,1H3,(H2,23,24,25);1H. The number of carbonyl (C=O) groups is 1. The predicted octanol–water partition coefficient (Wildman–Crippen LogP) is 3.92. The van der Waals surface area contributed by atoms with Crippen molar-refractivity contribution in [2.45, 2.75) is 89.6 Å². The molecular weight excluding hydrogens is 463 g/mol. The van der Waals surface area contributed by atoms with Gasteiger partial charge in [-0.25, -0.2) is 0 Å². The van der Waals surface area contributed by atoms with Crippen LogP contribution in [0, 0.1) is 17.8 Å². The monoisotopic (exact) mass is 502 g/mol. The predicted molar refractivity (Wildman–Crippen MR) is 125 cm³/mol. The van der Waals surface area contributed by atoms with E-state index in [2.05, 4.69) is 27.4 Å². The summed E-state index contributed by atoms with van der Waals surface area (Å²) in [5.41, 5.74) is 0. The van der Waals surface area contributed by atoms with Crippen LogP contribution in [0.2, 0.25) is 0 Å². The Balaban J connectivity index is 0.00000225. The average molecular weight is 502 g/mol. The van der Waals surface area contributed by atoms with Gasteiger partial charge in [0.15, 0.2) is 5.96 Å². The number of nitrogens with zero attached hydrogens (tertiary/aromatic N) is 2. The van der Waals surface area contributed by atoms with Gasteiger partial charge in [0.05, 0.1) is 0 Å². The summed E-state index contributed by atoms with van der Waals surface area (Å²) < 4.78 is 0. The van der Waals surface area contributed by atoms with E-state index in [-0.39, 0.29) is 24.0 Å². The lowest BCUT2D eigenvalue weighted by atomic mass is 9.85. The Labute approximate surface area is 187 Å². The molecular formula is C22H39IN4O. The summed E-state index contributed by atoms with van der Waals surface area (Å²) >= 11 is 0. The molecule has 1 saturated heterocycles. The lowest BCUT2D eigenvalue weighted by Gasteiger charge is -2.23. The van der Waals surface area contributed by atoms with Gasteiger partial charge >= 0.3 is 0 Å². The van der Waals surface area contributed by atoms with Crippen LogP contribution >= 0.6 is 24.0 Å². The van der Waals surface area contributed by atoms with Gasteiger partial charge in [0.2, 0.25) is 5.91 Å². The largest absolute Gasteiger partial charge is 0.353 e. The summed E-state index contributed by atoms with van der Waals surface area (Å²) in [6.45, 7) is 4.64. The van der Waals surface area contributed by atoms with Crippen molar-refractivity contribution in [3.63, 3.8) is 0 Å². The molecule has 4 fully saturated rings. The molecule has 1 heterocycles. The van der Waals surface area contributed by atoms with E-state index in [1.807, 2.05) is 0 Å². The second-order valence-electron chi connectivity index (χ2n) is 9.27. The highest BCUT2D eigenvalue weighted by atomic mass is 127. The number of carbonyl (C=O) groups excluding carboxylic acids is 1. The Hall–Kier alpha value is -0.530. The first kappa shape index (κ1) is 22.2. The molecule has 3 saturated carbocycles. The molecule has 0 spiro atoms. The summed E-state index contributed by atoms with van der Waals surface area (Å²) in [5, 5.41) is 7.33. The highest BCUT2D eigenvalue weighted by Crippen LogP contribution is 2.44. The Morgan fingerprint density at radius 2 is 1.71 bits per heavy atom. The third-order valence-electron chi connectivity index (χ3n) is 7.28. The summed E-state index contributed by atoms with van der Waals surface area (Å²) in [6.07, 6.45) is 14.1. The van der Waals surface area contributed by atoms with E-state index >= 15 is 0 Å². The fourth-order valence-electron chi connectivity index (χ4n) is 5.63. The summed E-state index contributed by atoms with van der Waals surface area (Å²) in [4.78, 5) is 19.4. The van der Waals surface area contributed by atoms with E-state index in [0.717, 1.165) is 56.7 Å². The van der Waals surface area contributed by atoms with Crippen molar-refractivity contribution < 1.29 is 4.79 Å². The van der Waals surface area contributed by atoms with Gasteiger partial charge < -0.3 is 15.5 Å². The summed E-state index contributed by atoms with van der Waals surface area (Å²) in [7, 11) is 0. The Bertz CT molecular complexity index is 543. The molecule has 0 aromatic rings. The van der Waals surface area contributed by atoms with Crippen molar-refractivity contribution in [3.8, 4) is 0 Å². The molecule has 4 aliphatic rings. The van der Waals surface area contributed by atoms with E-state index in [1.165, 1.54) is 51.4 Å². The van der Waals surface area contributed by atoms with Gasteiger partial charge in [-0.2, -0.15) is 0 Å². The zero-order valence-electron chi connectivity index (χ0n) is 17.5. The van der Waals surface area contributed by atoms with E-state index < -0.39 is 0 Å². The van der Waals surface area contributed by atoms with Crippen LogP contribution < -0.4 is 10.6 Å². The maximum absolute atomic E-state index is 12.7. The van der Waals surface area contributed by atoms with E-state index in [0.29, 0.717) is 23.9 Å². The van der Waals surface area contributed by atoms with Gasteiger partial charge in [0.1, 0.15) is 0 Å². The van der Waals surface area contributed by atoms with Crippen molar-refractivity contribution in [2.75, 3.05) is 19.6 Å². The molecule has 0 bridgehead atoms. The number of halogens is 1. The number of nitrogens with one attached hydrogen (secondary N) is 2. The van der Waals surface area contributed by atoms with Crippen molar-refractivity contribution >= 4 is 35.8 Å². The molecule has 5 nitrogen and oxygen atoms in total. The Morgan fingerprint density at radius 3 is 2.43 bits per heavy atom. The van der Waals surface area contributed by atoms with Crippen LogP contribution in [0.15, 0.2) is 4.99 Å². The zero-order chi connectivity index (χ0) is 18.6. The maximum Gasteiger partial charge on any atom is 0.225 e. The average Bonchev–Trinajstić information content (AvgIpc) is 3.08. The third-order valence-corrected chi connectivity index (χ3v) is 7.28. The quantitative estimate of drug-likeness (QED) is 0.341. The van der Waals surface area contributed by atoms with Gasteiger partial charge in [-0.05, 0) is 44.4 Å². The number of amides is 1. The molecule has 1 aliphatic heterocycles. The fraction of sp³-hybridized carbons (Fsp3) is 0.909. The van der Waals surface area contributed by atoms with Crippen molar-refractivity contribution in [2.24, 2.45) is 22.7 Å². The molecule has 1 amide bonds. The van der Waals surface area contributed by atoms with E-state index in [4.69, 9.17) is 0 Å². The van der Waals surface area contributed by atoms with Gasteiger partial charge in [-0.1, -0.05) is 44.9 Å². The van der Waals surface area contributed by atoms with E-state index in [1.54, 1.807) is 0 Å². The number of hydrogen-bond acceptors (Lipinski definition) is 2. The van der Waals surface area contributed by atoms with Gasteiger partial charge in [-0.15, -0.1) is 24.0 Å². The molecule has 6 heteroatoms. The summed E-state index contributed by atoms with van der Waals surface area (Å²) in [6, 6.07) is 0.962. The molecule has 0 aromatic carbocycles. The van der Waals surface area contributed by atoms with Crippen LogP contribution in [0.1, 0.15) is 77.6 Å². The first-order valence-corrected chi connectivity index (χ1v) is 11.6. The van der Waals surface area contributed by atoms with Gasteiger partial charge in [-0.3, -0.25) is 9.79 Å². The molecule has 28 heavy (non-hydrogen) atoms. The number of likely N-dealkylation sites (tertiary alicyclic amines) is 1. The fourth-order valence-corrected chi connectivity index (χ4v) is 5.63. The lowest BCUT2D eigenvalue weighted by molar-refractivity contribution is -0.134. The number of guanidine groups is 1. The van der Waals surface area contributed by atoms with Crippen LogP contribution in [-0.4, -0.2) is 48.5 Å². The van der Waals surface area contributed by atoms with Crippen LogP contribution in [0.5, 0.6) is 0 Å². The molecule has 3 atom stereocenters. The summed E-state index contributed by atoms with van der Waals surface area (Å²) in [5.74, 6) is 3.47. The van der Waals surface area contributed by atoms with Crippen LogP contribution in [0.25, 0.3) is 0 Å². The SMILES string of the molecule is CCN=C(NC1CCN(C(=O)C2CCCC2)C1)NC1CC1C1CCCCC1.I. The van der Waals surface area contributed by atoms with Crippen molar-refractivity contribution in [1.29, 1.82) is 0 Å². The Kier molecular flexibility index (Phi) is 8.30. The number of rotatable bonds is 5. The lowest BCUT2D eigenvalue weighted by Crippen LogP contribution is -2.46. The van der Waals surface area contributed by atoms with Crippen molar-refractivity contribution in [1.82, 2.24) is 15.5 Å². The first-order valence-electron chi connectivity index (χ1n) is 11.6. The number of hydrogen-bond donors (Lipinski definition) is 2. The second kappa shape index (κ2) is 10.5. The molecule has 160 valence electrons. The smallest absolute Gasteiger partial charge is 0.225 e. The molecule has 0 radical (unpaired) electrons. The minimum Gasteiger partial charge on any atom is -0.353 e. The first-order chi connectivity index (χ1) is 13.2. The molecule has 0 aromatic heterocycles. The molecule has 4 rings (SSSR count). The minimum atomic E-state index is 0. The topological polar surface area (TPSA) is 56.7 Å². The van der Waals surface area contributed by atoms with Crippen molar-refractivity contribution in [3.05, 3.63) is 0 Å². The number of aliphatic imine (C=N–C) groups is 1. The zero-order valence-corrected chi connectivity index (χ0v) is 19.8. The Morgan fingerprint density at radius 1 is 1.00 bits per heavy atom. The third kappa shape index (κ3) is 5.54.